The van der Waals surface area contributed by atoms with Crippen molar-refractivity contribution < 1.29 is 4.74 Å². The standard InChI is InChI=1S/C12H21N3O/c1-16-10-9-14-7-3-2-5-11-6-4-8-15-12(11)13/h4,6,8,14H,2-3,5,7,9-10H2,1H3,(H2,13,15). The van der Waals surface area contributed by atoms with Crippen molar-refractivity contribution in [3.63, 3.8) is 0 Å². The van der Waals surface area contributed by atoms with Gasteiger partial charge in [0.2, 0.25) is 0 Å². The minimum Gasteiger partial charge on any atom is -0.383 e. The highest BCUT2D eigenvalue weighted by Crippen LogP contribution is 2.10. The molecule has 0 atom stereocenters. The summed E-state index contributed by atoms with van der Waals surface area (Å²) in [6, 6.07) is 3.98. The van der Waals surface area contributed by atoms with Gasteiger partial charge >= 0.3 is 0 Å². The zero-order valence-electron chi connectivity index (χ0n) is 9.91. The van der Waals surface area contributed by atoms with E-state index < -0.39 is 0 Å². The number of anilines is 1. The molecular weight excluding hydrogens is 202 g/mol. The van der Waals surface area contributed by atoms with E-state index in [-0.39, 0.29) is 0 Å². The molecule has 3 N–H and O–H groups in total. The molecule has 16 heavy (non-hydrogen) atoms. The van der Waals surface area contributed by atoms with Crippen molar-refractivity contribution in [2.75, 3.05) is 32.5 Å². The summed E-state index contributed by atoms with van der Waals surface area (Å²) >= 11 is 0. The van der Waals surface area contributed by atoms with E-state index >= 15 is 0 Å². The first-order chi connectivity index (χ1) is 7.84. The summed E-state index contributed by atoms with van der Waals surface area (Å²) in [5, 5.41) is 3.32. The molecule has 0 amide bonds. The van der Waals surface area contributed by atoms with Crippen LogP contribution in [-0.2, 0) is 11.2 Å². The zero-order chi connectivity index (χ0) is 11.6. The second-order valence-electron chi connectivity index (χ2n) is 3.75. The Hall–Kier alpha value is -1.13. The number of pyridine rings is 1. The highest BCUT2D eigenvalue weighted by molar-refractivity contribution is 5.38. The highest BCUT2D eigenvalue weighted by atomic mass is 16.5. The van der Waals surface area contributed by atoms with E-state index in [1.165, 1.54) is 0 Å². The van der Waals surface area contributed by atoms with Gasteiger partial charge in [-0.25, -0.2) is 4.98 Å². The van der Waals surface area contributed by atoms with Gasteiger partial charge in [0.05, 0.1) is 6.61 Å². The van der Waals surface area contributed by atoms with Crippen molar-refractivity contribution in [2.45, 2.75) is 19.3 Å². The smallest absolute Gasteiger partial charge is 0.126 e. The van der Waals surface area contributed by atoms with E-state index in [4.69, 9.17) is 10.5 Å². The fourth-order valence-corrected chi connectivity index (χ4v) is 1.53. The third kappa shape index (κ3) is 5.09. The molecule has 0 unspecified atom stereocenters. The van der Waals surface area contributed by atoms with Gasteiger partial charge in [-0.15, -0.1) is 0 Å². The second kappa shape index (κ2) is 8.07. The Morgan fingerprint density at radius 2 is 2.25 bits per heavy atom. The molecule has 0 aliphatic carbocycles. The molecule has 0 aliphatic rings. The van der Waals surface area contributed by atoms with Crippen LogP contribution in [-0.4, -0.2) is 31.8 Å². The summed E-state index contributed by atoms with van der Waals surface area (Å²) in [6.45, 7) is 2.73. The molecule has 0 saturated carbocycles. The van der Waals surface area contributed by atoms with Crippen LogP contribution in [0, 0.1) is 0 Å². The monoisotopic (exact) mass is 223 g/mol. The lowest BCUT2D eigenvalue weighted by atomic mass is 10.1. The summed E-state index contributed by atoms with van der Waals surface area (Å²) in [7, 11) is 1.72. The molecule has 1 rings (SSSR count). The topological polar surface area (TPSA) is 60.2 Å². The molecule has 0 aliphatic heterocycles. The van der Waals surface area contributed by atoms with E-state index in [2.05, 4.69) is 10.3 Å². The fraction of sp³-hybridized carbons (Fsp3) is 0.583. The van der Waals surface area contributed by atoms with Gasteiger partial charge < -0.3 is 15.8 Å². The number of rotatable bonds is 8. The molecule has 0 radical (unpaired) electrons. The van der Waals surface area contributed by atoms with Crippen LogP contribution in [0.3, 0.4) is 0 Å². The predicted molar refractivity (Wildman–Crippen MR) is 66.3 cm³/mol. The molecule has 0 saturated heterocycles. The molecule has 90 valence electrons. The first-order valence-corrected chi connectivity index (χ1v) is 5.73. The lowest BCUT2D eigenvalue weighted by Gasteiger charge is -2.05. The molecule has 0 fully saturated rings. The maximum atomic E-state index is 5.76. The fourth-order valence-electron chi connectivity index (χ4n) is 1.53. The van der Waals surface area contributed by atoms with Gasteiger partial charge in [0.25, 0.3) is 0 Å². The molecule has 1 heterocycles. The number of ether oxygens (including phenoxy) is 1. The Kier molecular flexibility index (Phi) is 6.53. The number of methoxy groups -OCH3 is 1. The maximum absolute atomic E-state index is 5.76. The van der Waals surface area contributed by atoms with Crippen LogP contribution in [0.5, 0.6) is 0 Å². The van der Waals surface area contributed by atoms with Crippen LogP contribution in [0.4, 0.5) is 5.82 Å². The highest BCUT2D eigenvalue weighted by Gasteiger charge is 1.98. The van der Waals surface area contributed by atoms with Crippen LogP contribution in [0.15, 0.2) is 18.3 Å². The number of hydrogen-bond acceptors (Lipinski definition) is 4. The number of nitrogens with two attached hydrogens (primary N) is 1. The minimum absolute atomic E-state index is 0.662. The average Bonchev–Trinajstić information content (AvgIpc) is 2.30. The molecule has 0 bridgehead atoms. The summed E-state index contributed by atoms with van der Waals surface area (Å²) in [5.74, 6) is 0.662. The average molecular weight is 223 g/mol. The van der Waals surface area contributed by atoms with E-state index in [1.807, 2.05) is 12.1 Å². The number of nitrogens with zero attached hydrogens (tertiary/aromatic N) is 1. The molecule has 0 spiro atoms. The SMILES string of the molecule is COCCNCCCCc1cccnc1N. The van der Waals surface area contributed by atoms with Crippen molar-refractivity contribution in [3.05, 3.63) is 23.9 Å². The Morgan fingerprint density at radius 1 is 1.38 bits per heavy atom. The zero-order valence-corrected chi connectivity index (χ0v) is 9.91. The Labute approximate surface area is 97.2 Å². The Bertz CT molecular complexity index is 291. The molecule has 1 aromatic rings. The van der Waals surface area contributed by atoms with Crippen molar-refractivity contribution in [1.29, 1.82) is 0 Å². The Morgan fingerprint density at radius 3 is 3.00 bits per heavy atom. The van der Waals surface area contributed by atoms with Gasteiger partial charge in [-0.3, -0.25) is 0 Å². The summed E-state index contributed by atoms with van der Waals surface area (Å²) in [4.78, 5) is 4.06. The summed E-state index contributed by atoms with van der Waals surface area (Å²) in [5.41, 5.74) is 6.91. The van der Waals surface area contributed by atoms with Crippen molar-refractivity contribution in [2.24, 2.45) is 0 Å². The van der Waals surface area contributed by atoms with E-state index in [1.54, 1.807) is 13.3 Å². The van der Waals surface area contributed by atoms with Gasteiger partial charge in [0, 0.05) is 19.9 Å². The Balaban J connectivity index is 2.05. The van der Waals surface area contributed by atoms with Crippen molar-refractivity contribution in [3.8, 4) is 0 Å². The number of nitrogen functional groups attached to an aromatic ring is 1. The predicted octanol–water partition coefficient (Wildman–Crippen LogP) is 1.22. The second-order valence-corrected chi connectivity index (χ2v) is 3.75. The lowest BCUT2D eigenvalue weighted by molar-refractivity contribution is 0.199. The third-order valence-corrected chi connectivity index (χ3v) is 2.46. The summed E-state index contributed by atoms with van der Waals surface area (Å²) in [6.07, 6.45) is 5.02. The van der Waals surface area contributed by atoms with Crippen LogP contribution < -0.4 is 11.1 Å². The van der Waals surface area contributed by atoms with Crippen LogP contribution in [0.2, 0.25) is 0 Å². The van der Waals surface area contributed by atoms with Gasteiger partial charge in [0.15, 0.2) is 0 Å². The molecule has 4 heteroatoms. The van der Waals surface area contributed by atoms with E-state index in [0.29, 0.717) is 5.82 Å². The normalized spacial score (nSPS) is 10.6. The lowest BCUT2D eigenvalue weighted by Crippen LogP contribution is -2.20. The number of unbranched alkanes of at least 4 members (excludes halogenated alkanes) is 1. The summed E-state index contributed by atoms with van der Waals surface area (Å²) < 4.78 is 4.95. The van der Waals surface area contributed by atoms with Gasteiger partial charge in [-0.1, -0.05) is 6.07 Å². The molecular formula is C12H21N3O. The van der Waals surface area contributed by atoms with Crippen molar-refractivity contribution in [1.82, 2.24) is 10.3 Å². The van der Waals surface area contributed by atoms with Gasteiger partial charge in [0.1, 0.15) is 5.82 Å². The van der Waals surface area contributed by atoms with Crippen LogP contribution in [0.1, 0.15) is 18.4 Å². The van der Waals surface area contributed by atoms with Crippen molar-refractivity contribution >= 4 is 5.82 Å². The number of aryl methyl sites for hydroxylation is 1. The number of nitrogens with one attached hydrogen (secondary N) is 1. The first kappa shape index (κ1) is 12.9. The quantitative estimate of drug-likeness (QED) is 0.651. The van der Waals surface area contributed by atoms with Gasteiger partial charge in [-0.05, 0) is 37.4 Å². The molecule has 4 nitrogen and oxygen atoms in total. The molecule has 0 aromatic carbocycles. The third-order valence-electron chi connectivity index (χ3n) is 2.46. The van der Waals surface area contributed by atoms with Crippen LogP contribution >= 0.6 is 0 Å². The van der Waals surface area contributed by atoms with Gasteiger partial charge in [-0.2, -0.15) is 0 Å². The minimum atomic E-state index is 0.662. The largest absolute Gasteiger partial charge is 0.383 e. The maximum Gasteiger partial charge on any atom is 0.126 e. The van der Waals surface area contributed by atoms with E-state index in [0.717, 1.165) is 44.5 Å². The molecule has 1 aromatic heterocycles. The van der Waals surface area contributed by atoms with E-state index in [9.17, 15) is 0 Å². The first-order valence-electron chi connectivity index (χ1n) is 5.73. The van der Waals surface area contributed by atoms with Crippen LogP contribution in [0.25, 0.3) is 0 Å². The number of hydrogen-bond donors (Lipinski definition) is 2. The number of aromatic nitrogens is 1.